The van der Waals surface area contributed by atoms with E-state index in [0.717, 1.165) is 0 Å². The molecule has 1 saturated heterocycles. The Kier molecular flexibility index (Phi) is 12.7. The van der Waals surface area contributed by atoms with E-state index in [2.05, 4.69) is 20.7 Å². The molecule has 0 radical (unpaired) electrons. The number of esters is 1. The maximum atomic E-state index is 13.0. The number of methoxy groups -OCH3 is 1. The van der Waals surface area contributed by atoms with E-state index in [9.17, 15) is 28.8 Å². The number of ketones is 1. The quantitative estimate of drug-likeness (QED) is 0.235. The molecule has 0 aliphatic carbocycles. The Hall–Kier alpha value is -2.69. The van der Waals surface area contributed by atoms with E-state index in [1.807, 2.05) is 13.8 Å². The van der Waals surface area contributed by atoms with Crippen molar-refractivity contribution in [2.45, 2.75) is 84.0 Å². The summed E-state index contributed by atoms with van der Waals surface area (Å²) in [5.41, 5.74) is 0. The number of halogens is 1. The standard InChI is InChI=1S/C23H37ClN4O7/c1-6-13(2)20(17(29)12-24)27-22(33)16-8-7-11-28(16)23(34)15(4)26-21(32)14(3)25-18(30)9-10-19(31)35-5/h13-16,20H,6-12H2,1-5H3,(H,25,30)(H,26,32)(H,27,33)/t13-,14-,15-,16-,20-/m0/s1. The van der Waals surface area contributed by atoms with Crippen molar-refractivity contribution in [2.24, 2.45) is 5.92 Å². The molecule has 3 N–H and O–H groups in total. The maximum Gasteiger partial charge on any atom is 0.306 e. The van der Waals surface area contributed by atoms with E-state index in [1.165, 1.54) is 25.9 Å². The molecule has 1 rings (SSSR count). The Labute approximate surface area is 211 Å². The third-order valence-electron chi connectivity index (χ3n) is 6.11. The molecular formula is C23H37ClN4O7. The molecule has 1 heterocycles. The molecule has 0 aromatic rings. The van der Waals surface area contributed by atoms with Gasteiger partial charge in [-0.3, -0.25) is 28.8 Å². The van der Waals surface area contributed by atoms with Crippen LogP contribution >= 0.6 is 11.6 Å². The summed E-state index contributed by atoms with van der Waals surface area (Å²) in [5, 5.41) is 7.77. The van der Waals surface area contributed by atoms with E-state index in [4.69, 9.17) is 11.6 Å². The minimum absolute atomic E-state index is 0.113. The highest BCUT2D eigenvalue weighted by atomic mass is 35.5. The average molecular weight is 517 g/mol. The van der Waals surface area contributed by atoms with E-state index in [-0.39, 0.29) is 30.4 Å². The summed E-state index contributed by atoms with van der Waals surface area (Å²) >= 11 is 5.70. The number of nitrogens with one attached hydrogen (secondary N) is 3. The molecule has 0 aromatic carbocycles. The summed E-state index contributed by atoms with van der Waals surface area (Å²) in [6.07, 6.45) is 1.47. The van der Waals surface area contributed by atoms with Crippen molar-refractivity contribution in [1.82, 2.24) is 20.9 Å². The zero-order chi connectivity index (χ0) is 26.7. The molecular weight excluding hydrogens is 480 g/mol. The minimum Gasteiger partial charge on any atom is -0.469 e. The maximum absolute atomic E-state index is 13.0. The fourth-order valence-electron chi connectivity index (χ4n) is 3.76. The Bertz CT molecular complexity index is 807. The van der Waals surface area contributed by atoms with Crippen molar-refractivity contribution < 1.29 is 33.5 Å². The highest BCUT2D eigenvalue weighted by Gasteiger charge is 2.38. The molecule has 0 spiro atoms. The lowest BCUT2D eigenvalue weighted by atomic mass is 9.95. The summed E-state index contributed by atoms with van der Waals surface area (Å²) in [6.45, 7) is 7.05. The Morgan fingerprint density at radius 3 is 2.23 bits per heavy atom. The van der Waals surface area contributed by atoms with Gasteiger partial charge in [0.25, 0.3) is 0 Å². The number of alkyl halides is 1. The molecule has 1 aliphatic heterocycles. The molecule has 0 bridgehead atoms. The van der Waals surface area contributed by atoms with Crippen LogP contribution in [0.2, 0.25) is 0 Å². The van der Waals surface area contributed by atoms with Gasteiger partial charge in [0.2, 0.25) is 23.6 Å². The third kappa shape index (κ3) is 9.12. The molecule has 1 fully saturated rings. The van der Waals surface area contributed by atoms with Crippen LogP contribution in [0, 0.1) is 5.92 Å². The van der Waals surface area contributed by atoms with Gasteiger partial charge in [-0.1, -0.05) is 20.3 Å². The Morgan fingerprint density at radius 1 is 1.00 bits per heavy atom. The van der Waals surface area contributed by atoms with Crippen LogP contribution in [0.15, 0.2) is 0 Å². The summed E-state index contributed by atoms with van der Waals surface area (Å²) in [7, 11) is 1.22. The third-order valence-corrected chi connectivity index (χ3v) is 6.38. The summed E-state index contributed by atoms with van der Waals surface area (Å²) < 4.78 is 4.47. The van der Waals surface area contributed by atoms with Gasteiger partial charge in [-0.15, -0.1) is 11.6 Å². The highest BCUT2D eigenvalue weighted by Crippen LogP contribution is 2.20. The second-order valence-corrected chi connectivity index (χ2v) is 9.02. The number of amides is 4. The molecule has 0 unspecified atom stereocenters. The molecule has 0 saturated carbocycles. The molecule has 198 valence electrons. The molecule has 35 heavy (non-hydrogen) atoms. The summed E-state index contributed by atoms with van der Waals surface area (Å²) in [6, 6.07) is -3.37. The SMILES string of the molecule is CC[C@H](C)[C@H](NC(=O)[C@@H]1CCCN1C(=O)[C@H](C)NC(=O)[C@H](C)NC(=O)CCC(=O)OC)C(=O)CCl. The van der Waals surface area contributed by atoms with Crippen molar-refractivity contribution in [3.63, 3.8) is 0 Å². The topological polar surface area (TPSA) is 151 Å². The normalized spacial score (nSPS) is 18.6. The Balaban J connectivity index is 2.71. The predicted molar refractivity (Wildman–Crippen MR) is 128 cm³/mol. The molecule has 0 aromatic heterocycles. The molecule has 12 heteroatoms. The number of nitrogens with zero attached hydrogens (tertiary/aromatic N) is 1. The largest absolute Gasteiger partial charge is 0.469 e. The number of Topliss-reactive ketones (excluding diaryl/α,β-unsaturated/α-hetero) is 1. The molecule has 11 nitrogen and oxygen atoms in total. The number of carbonyl (C=O) groups excluding carboxylic acids is 6. The van der Waals surface area contributed by atoms with Gasteiger partial charge in [0.05, 0.1) is 25.5 Å². The van der Waals surface area contributed by atoms with Crippen molar-refractivity contribution in [1.29, 1.82) is 0 Å². The van der Waals surface area contributed by atoms with Crippen molar-refractivity contribution in [2.75, 3.05) is 19.5 Å². The van der Waals surface area contributed by atoms with Crippen LogP contribution in [0.3, 0.4) is 0 Å². The van der Waals surface area contributed by atoms with Gasteiger partial charge in [0.1, 0.15) is 18.1 Å². The van der Waals surface area contributed by atoms with Crippen molar-refractivity contribution in [3.8, 4) is 0 Å². The van der Waals surface area contributed by atoms with Crippen LogP contribution in [0.4, 0.5) is 0 Å². The van der Waals surface area contributed by atoms with Crippen LogP contribution in [0.25, 0.3) is 0 Å². The average Bonchev–Trinajstić information content (AvgIpc) is 3.34. The lowest BCUT2D eigenvalue weighted by Crippen LogP contribution is -2.57. The predicted octanol–water partition coefficient (Wildman–Crippen LogP) is 0.279. The van der Waals surface area contributed by atoms with E-state index in [0.29, 0.717) is 25.8 Å². The number of carbonyl (C=O) groups is 6. The fourth-order valence-corrected chi connectivity index (χ4v) is 3.92. The van der Waals surface area contributed by atoms with Gasteiger partial charge in [-0.2, -0.15) is 0 Å². The van der Waals surface area contributed by atoms with Crippen LogP contribution < -0.4 is 16.0 Å². The van der Waals surface area contributed by atoms with Crippen molar-refractivity contribution in [3.05, 3.63) is 0 Å². The lowest BCUT2D eigenvalue weighted by Gasteiger charge is -2.30. The Morgan fingerprint density at radius 2 is 1.66 bits per heavy atom. The van der Waals surface area contributed by atoms with Gasteiger partial charge in [0.15, 0.2) is 5.78 Å². The number of ether oxygens (including phenoxy) is 1. The monoisotopic (exact) mass is 516 g/mol. The molecule has 1 aliphatic rings. The zero-order valence-electron chi connectivity index (χ0n) is 21.0. The summed E-state index contributed by atoms with van der Waals surface area (Å²) in [4.78, 5) is 75.1. The van der Waals surface area contributed by atoms with Gasteiger partial charge in [-0.25, -0.2) is 0 Å². The molecule has 4 amide bonds. The van der Waals surface area contributed by atoms with E-state index in [1.54, 1.807) is 0 Å². The van der Waals surface area contributed by atoms with Gasteiger partial charge in [-0.05, 0) is 32.6 Å². The summed E-state index contributed by atoms with van der Waals surface area (Å²) in [5.74, 6) is -3.11. The number of hydrogen-bond donors (Lipinski definition) is 3. The van der Waals surface area contributed by atoms with Crippen LogP contribution in [0.1, 0.15) is 59.8 Å². The van der Waals surface area contributed by atoms with Gasteiger partial charge < -0.3 is 25.6 Å². The smallest absolute Gasteiger partial charge is 0.306 e. The van der Waals surface area contributed by atoms with Gasteiger partial charge in [0, 0.05) is 13.0 Å². The first-order valence-corrected chi connectivity index (χ1v) is 12.4. The second-order valence-electron chi connectivity index (χ2n) is 8.76. The minimum atomic E-state index is -0.944. The highest BCUT2D eigenvalue weighted by molar-refractivity contribution is 6.28. The van der Waals surface area contributed by atoms with E-state index < -0.39 is 53.8 Å². The first-order valence-electron chi connectivity index (χ1n) is 11.8. The van der Waals surface area contributed by atoms with Crippen molar-refractivity contribution >= 4 is 47.0 Å². The number of hydrogen-bond acceptors (Lipinski definition) is 7. The van der Waals surface area contributed by atoms with Crippen LogP contribution in [-0.4, -0.2) is 84.0 Å². The van der Waals surface area contributed by atoms with Gasteiger partial charge >= 0.3 is 5.97 Å². The number of likely N-dealkylation sites (tertiary alicyclic amines) is 1. The molecule has 5 atom stereocenters. The lowest BCUT2D eigenvalue weighted by molar-refractivity contribution is -0.142. The van der Waals surface area contributed by atoms with Crippen LogP contribution in [0.5, 0.6) is 0 Å². The number of rotatable bonds is 13. The first kappa shape index (κ1) is 30.3. The first-order chi connectivity index (χ1) is 16.5. The zero-order valence-corrected chi connectivity index (χ0v) is 21.8. The fraction of sp³-hybridized carbons (Fsp3) is 0.739. The van der Waals surface area contributed by atoms with E-state index >= 15 is 0 Å². The van der Waals surface area contributed by atoms with Crippen LogP contribution in [-0.2, 0) is 33.5 Å². The second kappa shape index (κ2) is 14.7.